The first-order valence-corrected chi connectivity index (χ1v) is 6.77. The molecule has 0 unspecified atom stereocenters. The molecule has 0 aromatic heterocycles. The van der Waals surface area contributed by atoms with Crippen molar-refractivity contribution in [1.82, 2.24) is 0 Å². The number of halogens is 1. The zero-order chi connectivity index (χ0) is 10.5. The Morgan fingerprint density at radius 3 is 3.07 bits per heavy atom. The van der Waals surface area contributed by atoms with Crippen LogP contribution in [0.1, 0.15) is 49.7 Å². The molecule has 0 N–H and O–H groups in total. The number of rotatable bonds is 0. The van der Waals surface area contributed by atoms with Crippen molar-refractivity contribution in [3.8, 4) is 0 Å². The molecule has 0 heterocycles. The van der Waals surface area contributed by atoms with Gasteiger partial charge in [0.1, 0.15) is 0 Å². The maximum Gasteiger partial charge on any atom is 0.0210 e. The SMILES string of the molecule is C[C@]12CCC[C@@H]1c1cccc(Br)c1CC2. The minimum atomic E-state index is 0.605. The predicted octanol–water partition coefficient (Wildman–Crippen LogP) is 4.67. The van der Waals surface area contributed by atoms with Gasteiger partial charge < -0.3 is 0 Å². The van der Waals surface area contributed by atoms with E-state index in [0.29, 0.717) is 5.41 Å². The largest absolute Gasteiger partial charge is 0.0608 e. The average molecular weight is 265 g/mol. The Balaban J connectivity index is 2.13. The van der Waals surface area contributed by atoms with E-state index in [1.807, 2.05) is 0 Å². The van der Waals surface area contributed by atoms with Gasteiger partial charge >= 0.3 is 0 Å². The van der Waals surface area contributed by atoms with Crippen molar-refractivity contribution in [1.29, 1.82) is 0 Å². The molecule has 80 valence electrons. The Morgan fingerprint density at radius 1 is 1.33 bits per heavy atom. The smallest absolute Gasteiger partial charge is 0.0210 e. The number of hydrogen-bond acceptors (Lipinski definition) is 0. The summed E-state index contributed by atoms with van der Waals surface area (Å²) in [6.07, 6.45) is 6.91. The van der Waals surface area contributed by atoms with Crippen LogP contribution in [0.25, 0.3) is 0 Å². The van der Waals surface area contributed by atoms with Crippen molar-refractivity contribution >= 4 is 15.9 Å². The Labute approximate surface area is 100 Å². The molecule has 0 saturated heterocycles. The fraction of sp³-hybridized carbons (Fsp3) is 0.571. The molecule has 1 saturated carbocycles. The highest BCUT2D eigenvalue weighted by Gasteiger charge is 2.42. The third-order valence-corrected chi connectivity index (χ3v) is 5.30. The van der Waals surface area contributed by atoms with Gasteiger partial charge in [0.05, 0.1) is 0 Å². The molecule has 0 amide bonds. The summed E-state index contributed by atoms with van der Waals surface area (Å²) in [5, 5.41) is 0. The topological polar surface area (TPSA) is 0 Å². The first-order chi connectivity index (χ1) is 7.21. The minimum absolute atomic E-state index is 0.605. The lowest BCUT2D eigenvalue weighted by atomic mass is 9.67. The fourth-order valence-electron chi connectivity index (χ4n) is 3.64. The van der Waals surface area contributed by atoms with Gasteiger partial charge in [-0.2, -0.15) is 0 Å². The highest BCUT2D eigenvalue weighted by Crippen LogP contribution is 2.56. The van der Waals surface area contributed by atoms with Gasteiger partial charge in [-0.15, -0.1) is 0 Å². The van der Waals surface area contributed by atoms with Crippen LogP contribution in [0.2, 0.25) is 0 Å². The normalized spacial score (nSPS) is 33.6. The maximum absolute atomic E-state index is 3.70. The molecular formula is C14H17Br. The second kappa shape index (κ2) is 3.35. The molecule has 0 aliphatic heterocycles. The van der Waals surface area contributed by atoms with E-state index in [1.54, 1.807) is 11.1 Å². The Bertz CT molecular complexity index is 396. The van der Waals surface area contributed by atoms with Crippen molar-refractivity contribution in [2.75, 3.05) is 0 Å². The van der Waals surface area contributed by atoms with Crippen LogP contribution in [0.3, 0.4) is 0 Å². The van der Waals surface area contributed by atoms with Crippen molar-refractivity contribution in [2.45, 2.75) is 44.9 Å². The molecule has 1 heteroatoms. The molecule has 1 aromatic carbocycles. The molecule has 2 atom stereocenters. The average Bonchev–Trinajstić information content (AvgIpc) is 2.60. The summed E-state index contributed by atoms with van der Waals surface area (Å²) < 4.78 is 1.33. The van der Waals surface area contributed by atoms with E-state index in [4.69, 9.17) is 0 Å². The van der Waals surface area contributed by atoms with Crippen LogP contribution in [-0.2, 0) is 6.42 Å². The van der Waals surface area contributed by atoms with E-state index in [-0.39, 0.29) is 0 Å². The van der Waals surface area contributed by atoms with Crippen LogP contribution in [0.4, 0.5) is 0 Å². The van der Waals surface area contributed by atoms with E-state index in [0.717, 1.165) is 5.92 Å². The molecule has 2 aliphatic carbocycles. The third-order valence-electron chi connectivity index (χ3n) is 4.56. The summed E-state index contributed by atoms with van der Waals surface area (Å²) >= 11 is 3.70. The second-order valence-electron chi connectivity index (χ2n) is 5.41. The highest BCUT2D eigenvalue weighted by atomic mass is 79.9. The minimum Gasteiger partial charge on any atom is -0.0608 e. The zero-order valence-electron chi connectivity index (χ0n) is 9.22. The zero-order valence-corrected chi connectivity index (χ0v) is 10.8. The van der Waals surface area contributed by atoms with Crippen molar-refractivity contribution in [3.63, 3.8) is 0 Å². The maximum atomic E-state index is 3.70. The van der Waals surface area contributed by atoms with Gasteiger partial charge in [0.2, 0.25) is 0 Å². The Kier molecular flexibility index (Phi) is 2.21. The van der Waals surface area contributed by atoms with Crippen LogP contribution >= 0.6 is 15.9 Å². The van der Waals surface area contributed by atoms with Gasteiger partial charge in [-0.3, -0.25) is 0 Å². The fourth-order valence-corrected chi connectivity index (χ4v) is 4.22. The van der Waals surface area contributed by atoms with Crippen molar-refractivity contribution < 1.29 is 0 Å². The summed E-state index contributed by atoms with van der Waals surface area (Å²) in [6.45, 7) is 2.49. The first kappa shape index (κ1) is 9.89. The highest BCUT2D eigenvalue weighted by molar-refractivity contribution is 9.10. The molecule has 15 heavy (non-hydrogen) atoms. The summed E-state index contributed by atoms with van der Waals surface area (Å²) in [4.78, 5) is 0. The Morgan fingerprint density at radius 2 is 2.20 bits per heavy atom. The summed E-state index contributed by atoms with van der Waals surface area (Å²) in [5.74, 6) is 0.832. The van der Waals surface area contributed by atoms with Gasteiger partial charge in [-0.25, -0.2) is 0 Å². The van der Waals surface area contributed by atoms with Crippen LogP contribution < -0.4 is 0 Å². The number of fused-ring (bicyclic) bond motifs is 3. The molecule has 2 aliphatic rings. The summed E-state index contributed by atoms with van der Waals surface area (Å²) in [5.41, 5.74) is 3.82. The van der Waals surface area contributed by atoms with Gasteiger partial charge in [-0.1, -0.05) is 41.4 Å². The van der Waals surface area contributed by atoms with Crippen LogP contribution in [0.5, 0.6) is 0 Å². The molecule has 0 bridgehead atoms. The quantitative estimate of drug-likeness (QED) is 0.639. The van der Waals surface area contributed by atoms with E-state index < -0.39 is 0 Å². The Hall–Kier alpha value is -0.300. The summed E-state index contributed by atoms with van der Waals surface area (Å²) in [7, 11) is 0. The van der Waals surface area contributed by atoms with Gasteiger partial charge in [0.25, 0.3) is 0 Å². The van der Waals surface area contributed by atoms with Gasteiger partial charge in [0, 0.05) is 4.47 Å². The third kappa shape index (κ3) is 1.39. The summed E-state index contributed by atoms with van der Waals surface area (Å²) in [6, 6.07) is 6.75. The van der Waals surface area contributed by atoms with E-state index in [9.17, 15) is 0 Å². The lowest BCUT2D eigenvalue weighted by molar-refractivity contribution is 0.252. The van der Waals surface area contributed by atoms with E-state index in [1.165, 1.54) is 36.6 Å². The molecule has 0 spiro atoms. The number of hydrogen-bond donors (Lipinski definition) is 0. The monoisotopic (exact) mass is 264 g/mol. The molecule has 0 radical (unpaired) electrons. The first-order valence-electron chi connectivity index (χ1n) is 5.98. The lowest BCUT2D eigenvalue weighted by Crippen LogP contribution is -2.26. The standard InChI is InChI=1S/C14H17Br/c1-14-8-3-5-12(14)10-4-2-6-13(15)11(10)7-9-14/h2,4,6,12H,3,5,7-9H2,1H3/t12-,14-/m1/s1. The van der Waals surface area contributed by atoms with E-state index in [2.05, 4.69) is 41.1 Å². The molecule has 0 nitrogen and oxygen atoms in total. The van der Waals surface area contributed by atoms with Crippen molar-refractivity contribution in [3.05, 3.63) is 33.8 Å². The predicted molar refractivity (Wildman–Crippen MR) is 67.2 cm³/mol. The molecule has 1 fully saturated rings. The molecule has 3 rings (SSSR count). The second-order valence-corrected chi connectivity index (χ2v) is 6.26. The lowest BCUT2D eigenvalue weighted by Gasteiger charge is -2.38. The van der Waals surface area contributed by atoms with Crippen LogP contribution in [-0.4, -0.2) is 0 Å². The van der Waals surface area contributed by atoms with Crippen LogP contribution in [0.15, 0.2) is 22.7 Å². The van der Waals surface area contributed by atoms with Gasteiger partial charge in [0.15, 0.2) is 0 Å². The number of benzene rings is 1. The van der Waals surface area contributed by atoms with Crippen LogP contribution in [0, 0.1) is 5.41 Å². The van der Waals surface area contributed by atoms with Crippen molar-refractivity contribution in [2.24, 2.45) is 5.41 Å². The molecular weight excluding hydrogens is 248 g/mol. The van der Waals surface area contributed by atoms with Gasteiger partial charge in [-0.05, 0) is 54.2 Å². The van der Waals surface area contributed by atoms with E-state index >= 15 is 0 Å². The molecule has 1 aromatic rings.